The van der Waals surface area contributed by atoms with Crippen molar-refractivity contribution in [2.24, 2.45) is 0 Å². The number of hydrogen-bond acceptors (Lipinski definition) is 4. The molecule has 0 aromatic heterocycles. The average Bonchev–Trinajstić information content (AvgIpc) is 2.52. The van der Waals surface area contributed by atoms with Crippen LogP contribution in [0.25, 0.3) is 0 Å². The molecule has 7 heteroatoms. The van der Waals surface area contributed by atoms with E-state index in [2.05, 4.69) is 0 Å². The van der Waals surface area contributed by atoms with Crippen LogP contribution in [0.2, 0.25) is 0 Å². The van der Waals surface area contributed by atoms with Crippen molar-refractivity contribution in [3.05, 3.63) is 70.3 Å². The van der Waals surface area contributed by atoms with E-state index in [0.717, 1.165) is 12.0 Å². The SMILES string of the molecule is O=[N+]([O-])c1ccccc1S(=O)(=O)N1CC[C@H]1Cc1ccccc1. The van der Waals surface area contributed by atoms with Gasteiger partial charge in [-0.1, -0.05) is 42.5 Å². The monoisotopic (exact) mass is 332 g/mol. The van der Waals surface area contributed by atoms with E-state index in [1.54, 1.807) is 0 Å². The predicted molar refractivity (Wildman–Crippen MR) is 85.5 cm³/mol. The van der Waals surface area contributed by atoms with Crippen LogP contribution in [0.5, 0.6) is 0 Å². The van der Waals surface area contributed by atoms with Crippen molar-refractivity contribution in [2.75, 3.05) is 6.54 Å². The van der Waals surface area contributed by atoms with E-state index >= 15 is 0 Å². The van der Waals surface area contributed by atoms with Crippen LogP contribution in [0.1, 0.15) is 12.0 Å². The van der Waals surface area contributed by atoms with Crippen LogP contribution in [0.4, 0.5) is 5.69 Å². The highest BCUT2D eigenvalue weighted by molar-refractivity contribution is 7.89. The maximum atomic E-state index is 12.8. The molecule has 0 saturated carbocycles. The maximum absolute atomic E-state index is 12.8. The Morgan fingerprint density at radius 2 is 1.74 bits per heavy atom. The summed E-state index contributed by atoms with van der Waals surface area (Å²) in [5, 5.41) is 11.1. The van der Waals surface area contributed by atoms with Crippen molar-refractivity contribution in [1.29, 1.82) is 0 Å². The van der Waals surface area contributed by atoms with E-state index in [1.807, 2.05) is 30.3 Å². The molecule has 2 aromatic rings. The second-order valence-corrected chi connectivity index (χ2v) is 7.33. The van der Waals surface area contributed by atoms with E-state index in [1.165, 1.54) is 28.6 Å². The molecule has 0 bridgehead atoms. The van der Waals surface area contributed by atoms with Crippen molar-refractivity contribution >= 4 is 15.7 Å². The molecule has 3 rings (SSSR count). The number of nitrogens with zero attached hydrogens (tertiary/aromatic N) is 2. The second-order valence-electron chi connectivity index (χ2n) is 5.47. The van der Waals surface area contributed by atoms with E-state index < -0.39 is 14.9 Å². The van der Waals surface area contributed by atoms with Gasteiger partial charge in [-0.3, -0.25) is 10.1 Å². The van der Waals surface area contributed by atoms with Gasteiger partial charge in [0, 0.05) is 18.7 Å². The molecule has 1 aliphatic heterocycles. The van der Waals surface area contributed by atoms with Crippen LogP contribution in [0, 0.1) is 10.1 Å². The number of benzene rings is 2. The van der Waals surface area contributed by atoms with Gasteiger partial charge < -0.3 is 0 Å². The highest BCUT2D eigenvalue weighted by atomic mass is 32.2. The van der Waals surface area contributed by atoms with Crippen molar-refractivity contribution in [2.45, 2.75) is 23.8 Å². The molecule has 0 unspecified atom stereocenters. The lowest BCUT2D eigenvalue weighted by atomic mass is 9.98. The van der Waals surface area contributed by atoms with Crippen molar-refractivity contribution in [1.82, 2.24) is 4.31 Å². The van der Waals surface area contributed by atoms with Crippen LogP contribution < -0.4 is 0 Å². The Kier molecular flexibility index (Phi) is 4.14. The number of nitro benzene ring substituents is 1. The first-order valence-electron chi connectivity index (χ1n) is 7.29. The quantitative estimate of drug-likeness (QED) is 0.622. The standard InChI is InChI=1S/C16H16N2O4S/c19-18(20)15-8-4-5-9-16(15)23(21,22)17-11-10-14(17)12-13-6-2-1-3-7-13/h1-9,14H,10-12H2/t14-/m0/s1. The number of sulfonamides is 1. The lowest BCUT2D eigenvalue weighted by Crippen LogP contribution is -2.52. The van der Waals surface area contributed by atoms with Crippen molar-refractivity contribution < 1.29 is 13.3 Å². The van der Waals surface area contributed by atoms with Crippen LogP contribution >= 0.6 is 0 Å². The Morgan fingerprint density at radius 3 is 2.35 bits per heavy atom. The smallest absolute Gasteiger partial charge is 0.258 e. The van der Waals surface area contributed by atoms with E-state index in [9.17, 15) is 18.5 Å². The van der Waals surface area contributed by atoms with Gasteiger partial charge in [0.2, 0.25) is 10.0 Å². The highest BCUT2D eigenvalue weighted by Gasteiger charge is 2.41. The summed E-state index contributed by atoms with van der Waals surface area (Å²) in [6.07, 6.45) is 1.37. The Hall–Kier alpha value is -2.25. The van der Waals surface area contributed by atoms with Gasteiger partial charge in [0.15, 0.2) is 4.90 Å². The van der Waals surface area contributed by atoms with E-state index in [0.29, 0.717) is 13.0 Å². The number of rotatable bonds is 5. The van der Waals surface area contributed by atoms with E-state index in [-0.39, 0.29) is 16.6 Å². The zero-order valence-corrected chi connectivity index (χ0v) is 13.1. The lowest BCUT2D eigenvalue weighted by Gasteiger charge is -2.39. The van der Waals surface area contributed by atoms with Gasteiger partial charge in [0.1, 0.15) is 0 Å². The molecule has 1 atom stereocenters. The highest BCUT2D eigenvalue weighted by Crippen LogP contribution is 2.33. The Morgan fingerprint density at radius 1 is 1.09 bits per heavy atom. The first kappa shape index (κ1) is 15.6. The van der Waals surface area contributed by atoms with Gasteiger partial charge in [-0.2, -0.15) is 4.31 Å². The molecule has 1 fully saturated rings. The molecule has 0 radical (unpaired) electrons. The molecule has 0 spiro atoms. The van der Waals surface area contributed by atoms with Gasteiger partial charge in [-0.25, -0.2) is 8.42 Å². The molecule has 1 saturated heterocycles. The third-order valence-corrected chi connectivity index (χ3v) is 6.05. The number of nitro groups is 1. The minimum atomic E-state index is -3.86. The first-order chi connectivity index (χ1) is 11.0. The molecular weight excluding hydrogens is 316 g/mol. The first-order valence-corrected chi connectivity index (χ1v) is 8.73. The average molecular weight is 332 g/mol. The third-order valence-electron chi connectivity index (χ3n) is 4.05. The summed E-state index contributed by atoms with van der Waals surface area (Å²) in [5.74, 6) is 0. The summed E-state index contributed by atoms with van der Waals surface area (Å²) in [5.41, 5.74) is 0.679. The van der Waals surface area contributed by atoms with Crippen LogP contribution in [0.3, 0.4) is 0 Å². The molecule has 1 aliphatic rings. The summed E-state index contributed by atoms with van der Waals surface area (Å²) in [6.45, 7) is 0.395. The van der Waals surface area contributed by atoms with E-state index in [4.69, 9.17) is 0 Å². The normalized spacial score (nSPS) is 18.3. The van der Waals surface area contributed by atoms with Gasteiger partial charge in [0.25, 0.3) is 5.69 Å². The molecule has 1 heterocycles. The molecule has 2 aromatic carbocycles. The zero-order chi connectivity index (χ0) is 16.4. The molecule has 120 valence electrons. The fourth-order valence-corrected chi connectivity index (χ4v) is 4.60. The molecule has 6 nitrogen and oxygen atoms in total. The van der Waals surface area contributed by atoms with Crippen molar-refractivity contribution in [3.8, 4) is 0 Å². The molecule has 0 amide bonds. The summed E-state index contributed by atoms with van der Waals surface area (Å²) in [6, 6.07) is 15.0. The Balaban J connectivity index is 1.87. The fourth-order valence-electron chi connectivity index (χ4n) is 2.78. The molecular formula is C16H16N2O4S. The largest absolute Gasteiger partial charge is 0.289 e. The zero-order valence-electron chi connectivity index (χ0n) is 12.3. The second kappa shape index (κ2) is 6.10. The summed E-state index contributed by atoms with van der Waals surface area (Å²) < 4.78 is 26.9. The molecule has 0 N–H and O–H groups in total. The summed E-state index contributed by atoms with van der Waals surface area (Å²) in [7, 11) is -3.86. The minimum Gasteiger partial charge on any atom is -0.258 e. The topological polar surface area (TPSA) is 80.5 Å². The predicted octanol–water partition coefficient (Wildman–Crippen LogP) is 2.60. The minimum absolute atomic E-state index is 0.151. The summed E-state index contributed by atoms with van der Waals surface area (Å²) in [4.78, 5) is 10.2. The van der Waals surface area contributed by atoms with Crippen LogP contribution in [-0.4, -0.2) is 30.2 Å². The number of hydrogen-bond donors (Lipinski definition) is 0. The Labute approximate surface area is 134 Å². The Bertz CT molecular complexity index is 821. The fraction of sp³-hybridized carbons (Fsp3) is 0.250. The van der Waals surface area contributed by atoms with Gasteiger partial charge in [-0.05, 0) is 24.5 Å². The van der Waals surface area contributed by atoms with Crippen LogP contribution in [0.15, 0.2) is 59.5 Å². The van der Waals surface area contributed by atoms with Gasteiger partial charge in [0.05, 0.1) is 4.92 Å². The third kappa shape index (κ3) is 2.97. The van der Waals surface area contributed by atoms with Gasteiger partial charge >= 0.3 is 0 Å². The maximum Gasteiger partial charge on any atom is 0.289 e. The number of para-hydroxylation sites is 1. The van der Waals surface area contributed by atoms with Crippen molar-refractivity contribution in [3.63, 3.8) is 0 Å². The molecule has 23 heavy (non-hydrogen) atoms. The summed E-state index contributed by atoms with van der Waals surface area (Å²) >= 11 is 0. The molecule has 0 aliphatic carbocycles. The van der Waals surface area contributed by atoms with Crippen LogP contribution in [-0.2, 0) is 16.4 Å². The van der Waals surface area contributed by atoms with Gasteiger partial charge in [-0.15, -0.1) is 0 Å². The lowest BCUT2D eigenvalue weighted by molar-refractivity contribution is -0.387.